The zero-order valence-electron chi connectivity index (χ0n) is 14.3. The van der Waals surface area contributed by atoms with Crippen LogP contribution in [0.3, 0.4) is 0 Å². The number of para-hydroxylation sites is 1. The van der Waals surface area contributed by atoms with Crippen molar-refractivity contribution in [1.82, 2.24) is 9.78 Å². The lowest BCUT2D eigenvalue weighted by Crippen LogP contribution is -2.41. The first-order valence-corrected chi connectivity index (χ1v) is 8.88. The Balaban J connectivity index is 1.71. The van der Waals surface area contributed by atoms with Gasteiger partial charge in [0, 0.05) is 11.1 Å². The Morgan fingerprint density at radius 1 is 1.35 bits per heavy atom. The van der Waals surface area contributed by atoms with Gasteiger partial charge in [0.05, 0.1) is 23.3 Å². The number of carbonyl (C=O) groups is 3. The van der Waals surface area contributed by atoms with Gasteiger partial charge in [-0.3, -0.25) is 14.3 Å². The van der Waals surface area contributed by atoms with E-state index in [1.807, 2.05) is 18.2 Å². The standard InChI is InChI=1S/C17H18N4O4S/c1-17(2,16(24)25)21-8-11(7-18-21)19-14(22)9-20-12-5-3-4-6-13(12)26-10-15(20)23/h3-8H,9-10H2,1-2H3,(H,19,22)(H,24,25). The van der Waals surface area contributed by atoms with Crippen LogP contribution < -0.4 is 10.2 Å². The molecule has 3 rings (SSSR count). The molecule has 0 saturated carbocycles. The van der Waals surface area contributed by atoms with Gasteiger partial charge in [0.25, 0.3) is 0 Å². The molecule has 1 aromatic heterocycles. The summed E-state index contributed by atoms with van der Waals surface area (Å²) in [6.07, 6.45) is 2.83. The molecule has 1 aliphatic rings. The fraction of sp³-hybridized carbons (Fsp3) is 0.294. The molecule has 2 N–H and O–H groups in total. The maximum atomic E-state index is 12.4. The van der Waals surface area contributed by atoms with Crippen LogP contribution in [-0.4, -0.2) is 45.0 Å². The van der Waals surface area contributed by atoms with Crippen LogP contribution in [0, 0.1) is 0 Å². The lowest BCUT2D eigenvalue weighted by atomic mass is 10.1. The lowest BCUT2D eigenvalue weighted by molar-refractivity contribution is -0.146. The van der Waals surface area contributed by atoms with E-state index in [4.69, 9.17) is 0 Å². The van der Waals surface area contributed by atoms with Gasteiger partial charge in [0.1, 0.15) is 6.54 Å². The SMILES string of the molecule is CC(C)(C(=O)O)n1cc(NC(=O)CN2C(=O)CSc3ccccc32)cn1. The fourth-order valence-electron chi connectivity index (χ4n) is 2.46. The molecule has 0 unspecified atom stereocenters. The highest BCUT2D eigenvalue weighted by molar-refractivity contribution is 8.00. The molecule has 2 aromatic rings. The molecule has 0 saturated heterocycles. The normalized spacial score (nSPS) is 14.1. The molecule has 0 bridgehead atoms. The van der Waals surface area contributed by atoms with Gasteiger partial charge in [-0.25, -0.2) is 4.79 Å². The predicted octanol–water partition coefficient (Wildman–Crippen LogP) is 1.78. The summed E-state index contributed by atoms with van der Waals surface area (Å²) in [4.78, 5) is 38.2. The van der Waals surface area contributed by atoms with Gasteiger partial charge in [0.15, 0.2) is 5.54 Å². The van der Waals surface area contributed by atoms with Crippen LogP contribution in [0.4, 0.5) is 11.4 Å². The molecule has 8 nitrogen and oxygen atoms in total. The summed E-state index contributed by atoms with van der Waals surface area (Å²) in [5.74, 6) is -1.26. The molecular formula is C17H18N4O4S. The van der Waals surface area contributed by atoms with Gasteiger partial charge in [-0.2, -0.15) is 5.10 Å². The van der Waals surface area contributed by atoms with Crippen molar-refractivity contribution >= 4 is 40.9 Å². The smallest absolute Gasteiger partial charge is 0.331 e. The maximum Gasteiger partial charge on any atom is 0.331 e. The number of benzene rings is 1. The second kappa shape index (κ2) is 6.83. The average Bonchev–Trinajstić information content (AvgIpc) is 3.06. The molecule has 2 heterocycles. The molecule has 0 atom stereocenters. The summed E-state index contributed by atoms with van der Waals surface area (Å²) in [7, 11) is 0. The highest BCUT2D eigenvalue weighted by Gasteiger charge is 2.30. The molecule has 2 amide bonds. The van der Waals surface area contributed by atoms with E-state index in [0.717, 1.165) is 4.90 Å². The average molecular weight is 374 g/mol. The number of carboxylic acids is 1. The number of hydrogen-bond acceptors (Lipinski definition) is 5. The van der Waals surface area contributed by atoms with Crippen LogP contribution >= 0.6 is 11.8 Å². The van der Waals surface area contributed by atoms with E-state index in [-0.39, 0.29) is 24.1 Å². The molecule has 26 heavy (non-hydrogen) atoms. The monoisotopic (exact) mass is 374 g/mol. The van der Waals surface area contributed by atoms with Crippen molar-refractivity contribution in [1.29, 1.82) is 0 Å². The number of amides is 2. The number of aromatic nitrogens is 2. The van der Waals surface area contributed by atoms with Crippen LogP contribution in [0.1, 0.15) is 13.8 Å². The second-order valence-electron chi connectivity index (χ2n) is 6.32. The van der Waals surface area contributed by atoms with Crippen molar-refractivity contribution in [3.63, 3.8) is 0 Å². The number of carbonyl (C=O) groups excluding carboxylic acids is 2. The van der Waals surface area contributed by atoms with E-state index in [0.29, 0.717) is 11.4 Å². The number of rotatable bonds is 5. The first-order chi connectivity index (χ1) is 12.3. The third-order valence-electron chi connectivity index (χ3n) is 4.07. The number of carboxylic acid groups (broad SMARTS) is 1. The third kappa shape index (κ3) is 3.43. The molecular weight excluding hydrogens is 356 g/mol. The Labute approximate surface area is 154 Å². The zero-order chi connectivity index (χ0) is 18.9. The van der Waals surface area contributed by atoms with E-state index in [1.54, 1.807) is 6.07 Å². The summed E-state index contributed by atoms with van der Waals surface area (Å²) in [5.41, 5.74) is -0.148. The van der Waals surface area contributed by atoms with Gasteiger partial charge in [-0.05, 0) is 26.0 Å². The molecule has 9 heteroatoms. The van der Waals surface area contributed by atoms with Crippen molar-refractivity contribution < 1.29 is 19.5 Å². The summed E-state index contributed by atoms with van der Waals surface area (Å²) in [6, 6.07) is 7.43. The van der Waals surface area contributed by atoms with Gasteiger partial charge in [-0.1, -0.05) is 12.1 Å². The van der Waals surface area contributed by atoms with Crippen LogP contribution in [0.15, 0.2) is 41.6 Å². The molecule has 0 fully saturated rings. The number of aliphatic carboxylic acids is 1. The minimum Gasteiger partial charge on any atom is -0.479 e. The number of fused-ring (bicyclic) bond motifs is 1. The van der Waals surface area contributed by atoms with Crippen LogP contribution in [0.25, 0.3) is 0 Å². The number of hydrogen-bond donors (Lipinski definition) is 2. The lowest BCUT2D eigenvalue weighted by Gasteiger charge is -2.28. The Kier molecular flexibility index (Phi) is 4.73. The molecule has 0 radical (unpaired) electrons. The maximum absolute atomic E-state index is 12.4. The molecule has 0 aliphatic carbocycles. The number of thioether (sulfide) groups is 1. The summed E-state index contributed by atoms with van der Waals surface area (Å²) in [6.45, 7) is 2.90. The topological polar surface area (TPSA) is 105 Å². The third-order valence-corrected chi connectivity index (χ3v) is 5.12. The zero-order valence-corrected chi connectivity index (χ0v) is 15.1. The van der Waals surface area contributed by atoms with Crippen LogP contribution in [-0.2, 0) is 19.9 Å². The van der Waals surface area contributed by atoms with Crippen molar-refractivity contribution in [2.45, 2.75) is 24.3 Å². The summed E-state index contributed by atoms with van der Waals surface area (Å²) >= 11 is 1.45. The first kappa shape index (κ1) is 18.0. The molecule has 136 valence electrons. The molecule has 1 aromatic carbocycles. The van der Waals surface area contributed by atoms with E-state index >= 15 is 0 Å². The van der Waals surface area contributed by atoms with Crippen LogP contribution in [0.2, 0.25) is 0 Å². The fourth-order valence-corrected chi connectivity index (χ4v) is 3.40. The highest BCUT2D eigenvalue weighted by atomic mass is 32.2. The van der Waals surface area contributed by atoms with Crippen LogP contribution in [0.5, 0.6) is 0 Å². The molecule has 1 aliphatic heterocycles. The number of anilines is 2. The Morgan fingerprint density at radius 3 is 2.81 bits per heavy atom. The van der Waals surface area contributed by atoms with Gasteiger partial charge < -0.3 is 15.3 Å². The van der Waals surface area contributed by atoms with E-state index in [1.165, 1.54) is 47.6 Å². The Morgan fingerprint density at radius 2 is 2.08 bits per heavy atom. The van der Waals surface area contributed by atoms with Gasteiger partial charge in [0.2, 0.25) is 11.8 Å². The predicted molar refractivity (Wildman–Crippen MR) is 97.3 cm³/mol. The Hall–Kier alpha value is -2.81. The largest absolute Gasteiger partial charge is 0.479 e. The van der Waals surface area contributed by atoms with Crippen molar-refractivity contribution in [3.8, 4) is 0 Å². The minimum absolute atomic E-state index is 0.121. The van der Waals surface area contributed by atoms with E-state index < -0.39 is 11.5 Å². The summed E-state index contributed by atoms with van der Waals surface area (Å²) < 4.78 is 1.27. The second-order valence-corrected chi connectivity index (χ2v) is 7.34. The van der Waals surface area contributed by atoms with Crippen molar-refractivity contribution in [2.24, 2.45) is 0 Å². The highest BCUT2D eigenvalue weighted by Crippen LogP contribution is 2.34. The van der Waals surface area contributed by atoms with Gasteiger partial charge >= 0.3 is 5.97 Å². The van der Waals surface area contributed by atoms with Gasteiger partial charge in [-0.15, -0.1) is 11.8 Å². The molecule has 0 spiro atoms. The van der Waals surface area contributed by atoms with Crippen molar-refractivity contribution in [2.75, 3.05) is 22.5 Å². The quantitative estimate of drug-likeness (QED) is 0.827. The van der Waals surface area contributed by atoms with E-state index in [9.17, 15) is 19.5 Å². The summed E-state index contributed by atoms with van der Waals surface area (Å²) in [5, 5.41) is 15.9. The minimum atomic E-state index is -1.23. The number of nitrogens with one attached hydrogen (secondary N) is 1. The first-order valence-electron chi connectivity index (χ1n) is 7.89. The van der Waals surface area contributed by atoms with Crippen molar-refractivity contribution in [3.05, 3.63) is 36.7 Å². The Bertz CT molecular complexity index is 877. The number of nitrogens with zero attached hydrogens (tertiary/aromatic N) is 3. The van der Waals surface area contributed by atoms with E-state index in [2.05, 4.69) is 10.4 Å².